The molecule has 1 amide bonds. The number of anilines is 1. The number of hydrogen-bond acceptors (Lipinski definition) is 7. The Balaban J connectivity index is 1.42. The van der Waals surface area contributed by atoms with Crippen LogP contribution in [0.2, 0.25) is 0 Å². The van der Waals surface area contributed by atoms with Crippen LogP contribution in [0.5, 0.6) is 5.88 Å². The lowest BCUT2D eigenvalue weighted by molar-refractivity contribution is -0.143. The highest BCUT2D eigenvalue weighted by Crippen LogP contribution is 2.34. The molecule has 1 aliphatic heterocycles. The number of ether oxygens (including phenoxy) is 1. The van der Waals surface area contributed by atoms with E-state index in [-0.39, 0.29) is 43.8 Å². The van der Waals surface area contributed by atoms with Crippen LogP contribution in [0, 0.1) is 0 Å². The summed E-state index contributed by atoms with van der Waals surface area (Å²) in [5.41, 5.74) is 3.68. The lowest BCUT2D eigenvalue weighted by Gasteiger charge is -2.38. The van der Waals surface area contributed by atoms with Gasteiger partial charge >= 0.3 is 0 Å². The number of aryl methyl sites for hydroxylation is 1. The number of carbonyl (C=O) groups excluding carboxylic acids is 1. The maximum atomic E-state index is 15.0. The molecule has 0 bridgehead atoms. The number of benzene rings is 1. The molecule has 0 spiro atoms. The highest BCUT2D eigenvalue weighted by Gasteiger charge is 2.46. The molecule has 13 heteroatoms. The molecule has 1 aromatic carbocycles. The average Bonchev–Trinajstić information content (AvgIpc) is 3.48. The van der Waals surface area contributed by atoms with Gasteiger partial charge in [0.1, 0.15) is 12.2 Å². The van der Waals surface area contributed by atoms with Gasteiger partial charge < -0.3 is 24.4 Å². The number of rotatable bonds is 8. The maximum absolute atomic E-state index is 15.0. The van der Waals surface area contributed by atoms with Crippen molar-refractivity contribution in [3.05, 3.63) is 36.8 Å². The van der Waals surface area contributed by atoms with Gasteiger partial charge in [-0.25, -0.2) is 22.7 Å². The molecule has 0 aliphatic carbocycles. The van der Waals surface area contributed by atoms with E-state index in [9.17, 15) is 9.18 Å². The van der Waals surface area contributed by atoms with Crippen LogP contribution in [0.1, 0.15) is 6.42 Å². The van der Waals surface area contributed by atoms with Gasteiger partial charge in [0.25, 0.3) is 5.92 Å². The number of carbonyl (C=O) groups is 1. The number of piperidine rings is 1. The number of methoxy groups -OCH3 is 1. The Morgan fingerprint density at radius 1 is 1.29 bits per heavy atom. The summed E-state index contributed by atoms with van der Waals surface area (Å²) in [7, 11) is 4.89. The molecule has 1 saturated heterocycles. The fraction of sp³-hybridized carbons (Fsp3) is 0.440. The van der Waals surface area contributed by atoms with Gasteiger partial charge in [0.2, 0.25) is 17.7 Å². The molecule has 4 aromatic rings. The molecule has 38 heavy (non-hydrogen) atoms. The van der Waals surface area contributed by atoms with Crippen molar-refractivity contribution in [2.45, 2.75) is 24.9 Å². The van der Waals surface area contributed by atoms with E-state index < -0.39 is 25.2 Å². The Kier molecular flexibility index (Phi) is 6.86. The molecule has 10 nitrogen and oxygen atoms in total. The number of likely N-dealkylation sites (N-methyl/N-ethyl adjacent to an activating group) is 1. The topological polar surface area (TPSA) is 92.8 Å². The number of hydrogen-bond donors (Lipinski definition) is 1. The standard InChI is InChI=1S/C25H29F3N8O2/c1-33(2)13-21(37)34-9-7-20(25(27,28)14-34)30-24-31-23(38-3)22-17(6-10-36(22)32-24)16-4-5-18-19(12-16)35(11-8-26)15-29-18/h4-6,10,12,15,20H,7-9,11,13-14H2,1-3H3,(H,30,32)/t20-/m1/s1. The normalized spacial score (nSPS) is 17.4. The minimum absolute atomic E-state index is 0.00860. The monoisotopic (exact) mass is 530 g/mol. The SMILES string of the molecule is COc1nc(N[C@@H]2CCN(C(=O)CN(C)C)CC2(F)F)nn2ccc(-c3ccc4ncn(CCF)c4c3)c12. The number of amides is 1. The number of likely N-dealkylation sites (tertiary alicyclic amines) is 1. The molecule has 5 rings (SSSR count). The van der Waals surface area contributed by atoms with Crippen LogP contribution in [0.15, 0.2) is 36.8 Å². The first-order valence-electron chi connectivity index (χ1n) is 12.2. The van der Waals surface area contributed by atoms with E-state index >= 15 is 8.78 Å². The second-order valence-electron chi connectivity index (χ2n) is 9.60. The Bertz CT molecular complexity index is 1470. The average molecular weight is 531 g/mol. The van der Waals surface area contributed by atoms with E-state index in [1.165, 1.54) is 16.5 Å². The molecule has 3 aromatic heterocycles. The minimum atomic E-state index is -3.18. The summed E-state index contributed by atoms with van der Waals surface area (Å²) in [5.74, 6) is -3.31. The van der Waals surface area contributed by atoms with Crippen molar-refractivity contribution in [1.82, 2.24) is 33.9 Å². The fourth-order valence-electron chi connectivity index (χ4n) is 4.78. The zero-order valence-corrected chi connectivity index (χ0v) is 21.4. The molecule has 1 fully saturated rings. The largest absolute Gasteiger partial charge is 0.479 e. The highest BCUT2D eigenvalue weighted by atomic mass is 19.3. The van der Waals surface area contributed by atoms with Crippen LogP contribution < -0.4 is 10.1 Å². The van der Waals surface area contributed by atoms with Gasteiger partial charge in [-0.15, -0.1) is 5.10 Å². The first-order valence-corrected chi connectivity index (χ1v) is 12.2. The quantitative estimate of drug-likeness (QED) is 0.375. The van der Waals surface area contributed by atoms with Gasteiger partial charge in [-0.1, -0.05) is 6.07 Å². The number of nitrogens with one attached hydrogen (secondary N) is 1. The molecular weight excluding hydrogens is 501 g/mol. The zero-order valence-electron chi connectivity index (χ0n) is 21.4. The van der Waals surface area contributed by atoms with Crippen LogP contribution in [0.4, 0.5) is 19.1 Å². The van der Waals surface area contributed by atoms with Gasteiger partial charge in [-0.05, 0) is 44.3 Å². The summed E-state index contributed by atoms with van der Waals surface area (Å²) < 4.78 is 51.8. The maximum Gasteiger partial charge on any atom is 0.285 e. The van der Waals surface area contributed by atoms with E-state index in [4.69, 9.17) is 4.74 Å². The van der Waals surface area contributed by atoms with E-state index in [2.05, 4.69) is 20.4 Å². The number of nitrogens with zero attached hydrogens (tertiary/aromatic N) is 7. The number of fused-ring (bicyclic) bond motifs is 2. The van der Waals surface area contributed by atoms with E-state index in [0.29, 0.717) is 5.52 Å². The van der Waals surface area contributed by atoms with Crippen LogP contribution >= 0.6 is 0 Å². The number of halogens is 3. The van der Waals surface area contributed by atoms with Gasteiger partial charge in [0, 0.05) is 18.3 Å². The summed E-state index contributed by atoms with van der Waals surface area (Å²) in [6.45, 7) is -0.704. The second kappa shape index (κ2) is 10.1. The van der Waals surface area contributed by atoms with E-state index in [0.717, 1.165) is 22.2 Å². The van der Waals surface area contributed by atoms with Crippen molar-refractivity contribution in [3.63, 3.8) is 0 Å². The summed E-state index contributed by atoms with van der Waals surface area (Å²) in [6.07, 6.45) is 3.34. The first kappa shape index (κ1) is 25.8. The summed E-state index contributed by atoms with van der Waals surface area (Å²) in [5, 5.41) is 7.17. The van der Waals surface area contributed by atoms with E-state index in [1.807, 2.05) is 24.3 Å². The molecule has 1 aliphatic rings. The third-order valence-electron chi connectivity index (χ3n) is 6.64. The molecule has 1 atom stereocenters. The summed E-state index contributed by atoms with van der Waals surface area (Å²) in [4.78, 5) is 23.8. The van der Waals surface area contributed by atoms with Gasteiger partial charge in [-0.2, -0.15) is 4.98 Å². The molecule has 4 heterocycles. The van der Waals surface area contributed by atoms with Crippen LogP contribution in [-0.4, -0.2) is 99.3 Å². The van der Waals surface area contributed by atoms with Gasteiger partial charge in [0.15, 0.2) is 0 Å². The van der Waals surface area contributed by atoms with Crippen molar-refractivity contribution < 1.29 is 22.7 Å². The Hall–Kier alpha value is -3.87. The second-order valence-corrected chi connectivity index (χ2v) is 9.60. The first-order chi connectivity index (χ1) is 18.2. The molecule has 0 saturated carbocycles. The smallest absolute Gasteiger partial charge is 0.285 e. The minimum Gasteiger partial charge on any atom is -0.479 e. The fourth-order valence-corrected chi connectivity index (χ4v) is 4.78. The van der Waals surface area contributed by atoms with Crippen molar-refractivity contribution >= 4 is 28.4 Å². The number of aromatic nitrogens is 5. The lowest BCUT2D eigenvalue weighted by atomic mass is 10.0. The highest BCUT2D eigenvalue weighted by molar-refractivity contribution is 5.89. The molecule has 0 unspecified atom stereocenters. The molecule has 202 valence electrons. The van der Waals surface area contributed by atoms with Gasteiger partial charge in [0.05, 0.1) is 50.1 Å². The third kappa shape index (κ3) is 4.85. The Morgan fingerprint density at radius 2 is 2.11 bits per heavy atom. The Morgan fingerprint density at radius 3 is 2.82 bits per heavy atom. The van der Waals surface area contributed by atoms with Crippen molar-refractivity contribution in [3.8, 4) is 17.0 Å². The lowest BCUT2D eigenvalue weighted by Crippen LogP contribution is -2.57. The van der Waals surface area contributed by atoms with Gasteiger partial charge in [-0.3, -0.25) is 4.79 Å². The van der Waals surface area contributed by atoms with Crippen molar-refractivity contribution in [2.24, 2.45) is 0 Å². The van der Waals surface area contributed by atoms with Crippen LogP contribution in [-0.2, 0) is 11.3 Å². The molecule has 0 radical (unpaired) electrons. The number of alkyl halides is 3. The predicted octanol–water partition coefficient (Wildman–Crippen LogP) is 2.93. The van der Waals surface area contributed by atoms with Crippen molar-refractivity contribution in [1.29, 1.82) is 0 Å². The number of imidazole rings is 1. The summed E-state index contributed by atoms with van der Waals surface area (Å²) >= 11 is 0. The Labute approximate surface area is 217 Å². The van der Waals surface area contributed by atoms with Crippen LogP contribution in [0.25, 0.3) is 27.7 Å². The zero-order chi connectivity index (χ0) is 27.0. The summed E-state index contributed by atoms with van der Waals surface area (Å²) in [6, 6.07) is 6.23. The predicted molar refractivity (Wildman–Crippen MR) is 136 cm³/mol. The third-order valence-corrected chi connectivity index (χ3v) is 6.64. The molecular formula is C25H29F3N8O2. The van der Waals surface area contributed by atoms with Crippen molar-refractivity contribution in [2.75, 3.05) is 52.8 Å². The van der Waals surface area contributed by atoms with E-state index in [1.54, 1.807) is 36.1 Å². The van der Waals surface area contributed by atoms with Crippen LogP contribution in [0.3, 0.4) is 0 Å². The molecule has 1 N–H and O–H groups in total.